The van der Waals surface area contributed by atoms with Gasteiger partial charge in [0, 0.05) is 4.47 Å². The lowest BCUT2D eigenvalue weighted by Crippen LogP contribution is -2.14. The molecule has 0 spiro atoms. The second-order valence-corrected chi connectivity index (χ2v) is 5.36. The van der Waals surface area contributed by atoms with Gasteiger partial charge in [-0.15, -0.1) is 0 Å². The lowest BCUT2D eigenvalue weighted by atomic mass is 10.0. The van der Waals surface area contributed by atoms with Crippen molar-refractivity contribution in [3.05, 3.63) is 64.1 Å². The van der Waals surface area contributed by atoms with Gasteiger partial charge in [0.1, 0.15) is 5.75 Å². The summed E-state index contributed by atoms with van der Waals surface area (Å²) in [5.41, 5.74) is 2.24. The van der Waals surface area contributed by atoms with Gasteiger partial charge in [-0.3, -0.25) is 0 Å². The molecule has 0 fully saturated rings. The summed E-state index contributed by atoms with van der Waals surface area (Å²) in [6.07, 6.45) is 0.908. The Bertz CT molecular complexity index is 523. The van der Waals surface area contributed by atoms with Gasteiger partial charge in [0.15, 0.2) is 0 Å². The van der Waals surface area contributed by atoms with Crippen LogP contribution in [0.4, 0.5) is 0 Å². The van der Waals surface area contributed by atoms with Gasteiger partial charge >= 0.3 is 0 Å². The zero-order valence-corrected chi connectivity index (χ0v) is 12.4. The second kappa shape index (κ2) is 6.73. The van der Waals surface area contributed by atoms with Crippen LogP contribution in [0.1, 0.15) is 11.1 Å². The largest absolute Gasteiger partial charge is 0.497 e. The van der Waals surface area contributed by atoms with E-state index in [9.17, 15) is 5.11 Å². The van der Waals surface area contributed by atoms with E-state index in [0.717, 1.165) is 21.3 Å². The Labute approximate surface area is 122 Å². The minimum atomic E-state index is -0.382. The van der Waals surface area contributed by atoms with Crippen molar-refractivity contribution >= 4 is 15.9 Å². The molecule has 2 aromatic carbocycles. The highest BCUT2D eigenvalue weighted by molar-refractivity contribution is 9.10. The van der Waals surface area contributed by atoms with E-state index >= 15 is 0 Å². The van der Waals surface area contributed by atoms with E-state index in [1.165, 1.54) is 0 Å². The molecule has 1 N–H and O–H groups in total. The first-order valence-corrected chi connectivity index (χ1v) is 7.02. The van der Waals surface area contributed by atoms with Crippen molar-refractivity contribution in [2.24, 2.45) is 0 Å². The van der Waals surface area contributed by atoms with Crippen LogP contribution in [0.25, 0.3) is 0 Å². The Balaban J connectivity index is 1.97. The quantitative estimate of drug-likeness (QED) is 0.912. The Hall–Kier alpha value is -1.32. The summed E-state index contributed by atoms with van der Waals surface area (Å²) < 4.78 is 6.16. The third kappa shape index (κ3) is 4.08. The lowest BCUT2D eigenvalue weighted by Gasteiger charge is -2.12. The minimum Gasteiger partial charge on any atom is -0.497 e. The van der Waals surface area contributed by atoms with E-state index in [1.807, 2.05) is 48.5 Å². The number of halogens is 1. The van der Waals surface area contributed by atoms with Crippen molar-refractivity contribution in [1.82, 2.24) is 0 Å². The lowest BCUT2D eigenvalue weighted by molar-refractivity contribution is 0.175. The van der Waals surface area contributed by atoms with Crippen molar-refractivity contribution in [3.8, 4) is 5.75 Å². The molecule has 0 aliphatic rings. The van der Waals surface area contributed by atoms with Crippen LogP contribution in [0.15, 0.2) is 53.0 Å². The fraction of sp³-hybridized carbons (Fsp3) is 0.250. The molecule has 0 saturated carbocycles. The Morgan fingerprint density at radius 1 is 1.05 bits per heavy atom. The first kappa shape index (κ1) is 14.1. The summed E-state index contributed by atoms with van der Waals surface area (Å²) in [5, 5.41) is 10.2. The predicted octanol–water partition coefficient (Wildman–Crippen LogP) is 3.60. The average molecular weight is 321 g/mol. The monoisotopic (exact) mass is 320 g/mol. The molecule has 100 valence electrons. The highest BCUT2D eigenvalue weighted by Crippen LogP contribution is 2.19. The summed E-state index contributed by atoms with van der Waals surface area (Å²) in [6, 6.07) is 15.8. The van der Waals surface area contributed by atoms with E-state index in [1.54, 1.807) is 7.11 Å². The molecule has 2 rings (SSSR count). The maximum atomic E-state index is 10.2. The van der Waals surface area contributed by atoms with Crippen LogP contribution in [0.3, 0.4) is 0 Å². The first-order valence-electron chi connectivity index (χ1n) is 6.23. The Morgan fingerprint density at radius 2 is 1.74 bits per heavy atom. The molecule has 0 radical (unpaired) electrons. The number of aliphatic hydroxyl groups excluding tert-OH is 1. The molecule has 0 bridgehead atoms. The van der Waals surface area contributed by atoms with E-state index in [-0.39, 0.29) is 6.10 Å². The fourth-order valence-electron chi connectivity index (χ4n) is 2.02. The molecule has 2 aromatic rings. The van der Waals surface area contributed by atoms with Gasteiger partial charge < -0.3 is 9.84 Å². The minimum absolute atomic E-state index is 0.382. The standard InChI is InChI=1S/C16H17BrO2/c1-19-15-8-6-12(7-9-15)10-14(18)11-13-4-2-3-5-16(13)17/h2-9,14,18H,10-11H2,1H3. The number of benzene rings is 2. The maximum Gasteiger partial charge on any atom is 0.118 e. The Morgan fingerprint density at radius 3 is 2.37 bits per heavy atom. The number of hydrogen-bond acceptors (Lipinski definition) is 2. The van der Waals surface area contributed by atoms with E-state index in [2.05, 4.69) is 15.9 Å². The molecule has 1 atom stereocenters. The third-order valence-electron chi connectivity index (χ3n) is 3.04. The number of rotatable bonds is 5. The number of aliphatic hydroxyl groups is 1. The van der Waals surface area contributed by atoms with Crippen LogP contribution >= 0.6 is 15.9 Å². The Kier molecular flexibility index (Phi) is 5.00. The number of ether oxygens (including phenoxy) is 1. The first-order chi connectivity index (χ1) is 9.19. The molecule has 0 saturated heterocycles. The zero-order chi connectivity index (χ0) is 13.7. The number of hydrogen-bond donors (Lipinski definition) is 1. The van der Waals surface area contributed by atoms with Crippen molar-refractivity contribution < 1.29 is 9.84 Å². The summed E-state index contributed by atoms with van der Waals surface area (Å²) in [6.45, 7) is 0. The summed E-state index contributed by atoms with van der Waals surface area (Å²) in [4.78, 5) is 0. The van der Waals surface area contributed by atoms with Gasteiger partial charge in [-0.05, 0) is 42.2 Å². The second-order valence-electron chi connectivity index (χ2n) is 4.50. The predicted molar refractivity (Wildman–Crippen MR) is 80.6 cm³/mol. The van der Waals surface area contributed by atoms with Crippen LogP contribution in [0.5, 0.6) is 5.75 Å². The van der Waals surface area contributed by atoms with Gasteiger partial charge in [0.2, 0.25) is 0 Å². The highest BCUT2D eigenvalue weighted by Gasteiger charge is 2.09. The van der Waals surface area contributed by atoms with Crippen LogP contribution in [-0.2, 0) is 12.8 Å². The van der Waals surface area contributed by atoms with E-state index in [0.29, 0.717) is 12.8 Å². The van der Waals surface area contributed by atoms with Gasteiger partial charge in [-0.1, -0.05) is 46.3 Å². The van der Waals surface area contributed by atoms with Crippen molar-refractivity contribution in [2.45, 2.75) is 18.9 Å². The number of methoxy groups -OCH3 is 1. The van der Waals surface area contributed by atoms with Gasteiger partial charge in [-0.2, -0.15) is 0 Å². The molecule has 19 heavy (non-hydrogen) atoms. The van der Waals surface area contributed by atoms with Crippen LogP contribution in [0.2, 0.25) is 0 Å². The fourth-order valence-corrected chi connectivity index (χ4v) is 2.47. The van der Waals surface area contributed by atoms with Gasteiger partial charge in [0.05, 0.1) is 13.2 Å². The topological polar surface area (TPSA) is 29.5 Å². The smallest absolute Gasteiger partial charge is 0.118 e. The molecule has 3 heteroatoms. The van der Waals surface area contributed by atoms with Crippen LogP contribution < -0.4 is 4.74 Å². The summed E-state index contributed by atoms with van der Waals surface area (Å²) in [7, 11) is 1.65. The molecule has 0 aliphatic heterocycles. The SMILES string of the molecule is COc1ccc(CC(O)Cc2ccccc2Br)cc1. The van der Waals surface area contributed by atoms with Crippen LogP contribution in [0, 0.1) is 0 Å². The third-order valence-corrected chi connectivity index (χ3v) is 3.82. The molecule has 0 aliphatic carbocycles. The van der Waals surface area contributed by atoms with Crippen molar-refractivity contribution in [1.29, 1.82) is 0 Å². The average Bonchev–Trinajstić information content (AvgIpc) is 2.42. The molecule has 0 heterocycles. The van der Waals surface area contributed by atoms with E-state index in [4.69, 9.17) is 4.74 Å². The molecule has 0 amide bonds. The molecule has 1 unspecified atom stereocenters. The molecule has 2 nitrogen and oxygen atoms in total. The molecule has 0 aromatic heterocycles. The molecular weight excluding hydrogens is 304 g/mol. The van der Waals surface area contributed by atoms with Gasteiger partial charge in [0.25, 0.3) is 0 Å². The van der Waals surface area contributed by atoms with Crippen molar-refractivity contribution in [2.75, 3.05) is 7.11 Å². The van der Waals surface area contributed by atoms with Crippen molar-refractivity contribution in [3.63, 3.8) is 0 Å². The normalized spacial score (nSPS) is 12.2. The summed E-state index contributed by atoms with van der Waals surface area (Å²) >= 11 is 3.50. The van der Waals surface area contributed by atoms with Gasteiger partial charge in [-0.25, -0.2) is 0 Å². The van der Waals surface area contributed by atoms with E-state index < -0.39 is 0 Å². The summed E-state index contributed by atoms with van der Waals surface area (Å²) in [5.74, 6) is 0.837. The molecular formula is C16H17BrO2. The maximum absolute atomic E-state index is 10.2. The zero-order valence-electron chi connectivity index (χ0n) is 10.8. The highest BCUT2D eigenvalue weighted by atomic mass is 79.9. The van der Waals surface area contributed by atoms with Crippen LogP contribution in [-0.4, -0.2) is 18.3 Å².